The molecule has 1 amide bonds. The molecule has 0 aromatic carbocycles. The van der Waals surface area contributed by atoms with Crippen molar-refractivity contribution in [2.45, 2.75) is 19.9 Å². The second-order valence-electron chi connectivity index (χ2n) is 4.48. The van der Waals surface area contributed by atoms with Crippen molar-refractivity contribution in [3.63, 3.8) is 0 Å². The number of carbonyl (C=O) groups is 1. The zero-order chi connectivity index (χ0) is 13.0. The molecule has 0 radical (unpaired) electrons. The summed E-state index contributed by atoms with van der Waals surface area (Å²) in [5.74, 6) is 0.0396. The maximum absolute atomic E-state index is 11.7. The third-order valence-electron chi connectivity index (χ3n) is 2.72. The maximum Gasteiger partial charge on any atom is 0.251 e. The molecule has 0 aliphatic rings. The highest BCUT2D eigenvalue weighted by Crippen LogP contribution is 1.98. The molecule has 5 nitrogen and oxygen atoms in total. The largest absolute Gasteiger partial charge is 0.350 e. The average Bonchev–Trinajstić information content (AvgIpc) is 2.28. The number of rotatable bonds is 4. The maximum atomic E-state index is 11.7. The number of nitrogens with one attached hydrogen (secondary N) is 1. The SMILES string of the molecule is CC(C)C(N)CNC(=O)c1ccn(C)c(=O)c1. The third kappa shape index (κ3) is 3.71. The number of aryl methyl sites for hydroxylation is 1. The monoisotopic (exact) mass is 237 g/mol. The predicted octanol–water partition coefficient (Wildman–Crippen LogP) is 0.0984. The zero-order valence-corrected chi connectivity index (χ0v) is 10.4. The van der Waals surface area contributed by atoms with E-state index in [0.717, 1.165) is 0 Å². The molecule has 0 aliphatic heterocycles. The van der Waals surface area contributed by atoms with Crippen molar-refractivity contribution in [1.82, 2.24) is 9.88 Å². The predicted molar refractivity (Wildman–Crippen MR) is 66.8 cm³/mol. The van der Waals surface area contributed by atoms with Gasteiger partial charge in [-0.15, -0.1) is 0 Å². The summed E-state index contributed by atoms with van der Waals surface area (Å²) >= 11 is 0. The van der Waals surface area contributed by atoms with Crippen molar-refractivity contribution in [1.29, 1.82) is 0 Å². The second kappa shape index (κ2) is 5.63. The van der Waals surface area contributed by atoms with Gasteiger partial charge in [-0.1, -0.05) is 13.8 Å². The highest BCUT2D eigenvalue weighted by molar-refractivity contribution is 5.93. The van der Waals surface area contributed by atoms with Gasteiger partial charge in [-0.25, -0.2) is 0 Å². The quantitative estimate of drug-likeness (QED) is 0.779. The Balaban J connectivity index is 2.64. The molecule has 3 N–H and O–H groups in total. The van der Waals surface area contributed by atoms with E-state index in [0.29, 0.717) is 18.0 Å². The number of aromatic nitrogens is 1. The lowest BCUT2D eigenvalue weighted by Gasteiger charge is -2.16. The fraction of sp³-hybridized carbons (Fsp3) is 0.500. The minimum Gasteiger partial charge on any atom is -0.350 e. The van der Waals surface area contributed by atoms with Crippen LogP contribution in [-0.2, 0) is 7.05 Å². The first-order chi connectivity index (χ1) is 7.91. The molecule has 0 aliphatic carbocycles. The number of pyridine rings is 1. The van der Waals surface area contributed by atoms with Crippen LogP contribution in [0.1, 0.15) is 24.2 Å². The molecule has 1 heterocycles. The molecular formula is C12H19N3O2. The first-order valence-corrected chi connectivity index (χ1v) is 5.62. The van der Waals surface area contributed by atoms with Gasteiger partial charge in [0.05, 0.1) is 0 Å². The molecule has 17 heavy (non-hydrogen) atoms. The van der Waals surface area contributed by atoms with Gasteiger partial charge in [0, 0.05) is 37.5 Å². The van der Waals surface area contributed by atoms with E-state index in [1.165, 1.54) is 10.6 Å². The van der Waals surface area contributed by atoms with Crippen molar-refractivity contribution in [2.24, 2.45) is 18.7 Å². The molecule has 1 rings (SSSR count). The van der Waals surface area contributed by atoms with E-state index in [1.807, 2.05) is 13.8 Å². The number of carbonyl (C=O) groups excluding carboxylic acids is 1. The van der Waals surface area contributed by atoms with Crippen LogP contribution in [0, 0.1) is 5.92 Å². The number of nitrogens with zero attached hydrogens (tertiary/aromatic N) is 1. The minimum absolute atomic E-state index is 0.0782. The second-order valence-corrected chi connectivity index (χ2v) is 4.48. The van der Waals surface area contributed by atoms with Crippen LogP contribution in [0.5, 0.6) is 0 Å². The van der Waals surface area contributed by atoms with E-state index in [9.17, 15) is 9.59 Å². The van der Waals surface area contributed by atoms with Crippen molar-refractivity contribution in [3.8, 4) is 0 Å². The summed E-state index contributed by atoms with van der Waals surface area (Å²) in [4.78, 5) is 23.1. The molecule has 0 spiro atoms. The Bertz CT molecular complexity index is 451. The van der Waals surface area contributed by atoms with E-state index < -0.39 is 0 Å². The van der Waals surface area contributed by atoms with Crippen LogP contribution in [0.25, 0.3) is 0 Å². The van der Waals surface area contributed by atoms with Crippen LogP contribution < -0.4 is 16.6 Å². The van der Waals surface area contributed by atoms with Crippen LogP contribution in [0.2, 0.25) is 0 Å². The Morgan fingerprint density at radius 3 is 2.71 bits per heavy atom. The number of nitrogens with two attached hydrogens (primary N) is 1. The molecule has 1 aromatic heterocycles. The first kappa shape index (κ1) is 13.4. The fourth-order valence-corrected chi connectivity index (χ4v) is 1.24. The lowest BCUT2D eigenvalue weighted by Crippen LogP contribution is -2.40. The Morgan fingerprint density at radius 2 is 2.18 bits per heavy atom. The molecule has 94 valence electrons. The molecule has 0 saturated carbocycles. The van der Waals surface area contributed by atoms with Crippen molar-refractivity contribution < 1.29 is 4.79 Å². The van der Waals surface area contributed by atoms with Gasteiger partial charge in [0.1, 0.15) is 0 Å². The summed E-state index contributed by atoms with van der Waals surface area (Å²) in [6, 6.07) is 2.85. The van der Waals surface area contributed by atoms with Crippen LogP contribution in [0.15, 0.2) is 23.1 Å². The van der Waals surface area contributed by atoms with Crippen LogP contribution >= 0.6 is 0 Å². The van der Waals surface area contributed by atoms with E-state index in [-0.39, 0.29) is 17.5 Å². The van der Waals surface area contributed by atoms with Gasteiger partial charge >= 0.3 is 0 Å². The molecule has 0 bridgehead atoms. The molecule has 1 atom stereocenters. The summed E-state index contributed by atoms with van der Waals surface area (Å²) in [6.07, 6.45) is 1.57. The lowest BCUT2D eigenvalue weighted by molar-refractivity contribution is 0.0949. The normalized spacial score (nSPS) is 12.5. The number of hydrogen-bond donors (Lipinski definition) is 2. The van der Waals surface area contributed by atoms with Gasteiger partial charge in [-0.05, 0) is 12.0 Å². The summed E-state index contributed by atoms with van der Waals surface area (Å²) in [7, 11) is 1.64. The summed E-state index contributed by atoms with van der Waals surface area (Å²) in [5, 5.41) is 2.71. The number of amides is 1. The summed E-state index contributed by atoms with van der Waals surface area (Å²) in [6.45, 7) is 4.40. The zero-order valence-electron chi connectivity index (χ0n) is 10.4. The Kier molecular flexibility index (Phi) is 4.45. The first-order valence-electron chi connectivity index (χ1n) is 5.62. The van der Waals surface area contributed by atoms with Gasteiger partial charge in [0.15, 0.2) is 0 Å². The van der Waals surface area contributed by atoms with Gasteiger partial charge in [-0.3, -0.25) is 9.59 Å². The lowest BCUT2D eigenvalue weighted by atomic mass is 10.1. The summed E-state index contributed by atoms with van der Waals surface area (Å²) in [5.41, 5.74) is 5.98. The minimum atomic E-state index is -0.265. The fourth-order valence-electron chi connectivity index (χ4n) is 1.24. The highest BCUT2D eigenvalue weighted by Gasteiger charge is 2.11. The van der Waals surface area contributed by atoms with E-state index in [4.69, 9.17) is 5.73 Å². The van der Waals surface area contributed by atoms with E-state index in [2.05, 4.69) is 5.32 Å². The summed E-state index contributed by atoms with van der Waals surface area (Å²) < 4.78 is 1.41. The Morgan fingerprint density at radius 1 is 1.53 bits per heavy atom. The molecule has 0 fully saturated rings. The third-order valence-corrected chi connectivity index (χ3v) is 2.72. The van der Waals surface area contributed by atoms with Gasteiger partial charge < -0.3 is 15.6 Å². The number of hydrogen-bond acceptors (Lipinski definition) is 3. The van der Waals surface area contributed by atoms with Crippen molar-refractivity contribution >= 4 is 5.91 Å². The molecule has 0 saturated heterocycles. The topological polar surface area (TPSA) is 77.1 Å². The molecule has 1 aromatic rings. The standard InChI is InChI=1S/C12H19N3O2/c1-8(2)10(13)7-14-12(17)9-4-5-15(3)11(16)6-9/h4-6,8,10H,7,13H2,1-3H3,(H,14,17). The molecule has 1 unspecified atom stereocenters. The van der Waals surface area contributed by atoms with Crippen molar-refractivity contribution in [3.05, 3.63) is 34.2 Å². The van der Waals surface area contributed by atoms with Gasteiger partial charge in [-0.2, -0.15) is 0 Å². The average molecular weight is 237 g/mol. The Hall–Kier alpha value is -1.62. The van der Waals surface area contributed by atoms with Gasteiger partial charge in [0.25, 0.3) is 11.5 Å². The van der Waals surface area contributed by atoms with Crippen LogP contribution in [0.3, 0.4) is 0 Å². The van der Waals surface area contributed by atoms with Crippen LogP contribution in [0.4, 0.5) is 0 Å². The highest BCUT2D eigenvalue weighted by atomic mass is 16.2. The van der Waals surface area contributed by atoms with Crippen molar-refractivity contribution in [2.75, 3.05) is 6.54 Å². The van der Waals surface area contributed by atoms with E-state index >= 15 is 0 Å². The van der Waals surface area contributed by atoms with Gasteiger partial charge in [0.2, 0.25) is 0 Å². The molecular weight excluding hydrogens is 218 g/mol. The smallest absolute Gasteiger partial charge is 0.251 e. The van der Waals surface area contributed by atoms with Crippen LogP contribution in [-0.4, -0.2) is 23.1 Å². The Labute approximate surface area is 101 Å². The molecule has 5 heteroatoms. The van der Waals surface area contributed by atoms with E-state index in [1.54, 1.807) is 19.3 Å².